The van der Waals surface area contributed by atoms with Crippen LogP contribution < -0.4 is 0 Å². The highest BCUT2D eigenvalue weighted by Crippen LogP contribution is 2.32. The van der Waals surface area contributed by atoms with Gasteiger partial charge in [-0.1, -0.05) is 57.5 Å². The van der Waals surface area contributed by atoms with Gasteiger partial charge in [-0.3, -0.25) is 4.79 Å². The molecule has 1 aromatic heterocycles. The zero-order valence-electron chi connectivity index (χ0n) is 20.5. The number of carbonyl (C=O) groups is 1. The molecule has 184 valence electrons. The van der Waals surface area contributed by atoms with Gasteiger partial charge in [0.05, 0.1) is 12.3 Å². The molecular formula is C27H41FN2O3. The van der Waals surface area contributed by atoms with Crippen LogP contribution in [0.3, 0.4) is 0 Å². The molecule has 1 aromatic carbocycles. The number of nitrogens with zero attached hydrogens (tertiary/aromatic N) is 2. The second-order valence-corrected chi connectivity index (χ2v) is 9.77. The van der Waals surface area contributed by atoms with Crippen LogP contribution in [0.4, 0.5) is 4.39 Å². The number of carbonyl (C=O) groups excluding carboxylic acids is 1. The molecule has 6 heteroatoms. The molecule has 0 amide bonds. The second kappa shape index (κ2) is 13.7. The maximum absolute atomic E-state index is 13.4. The van der Waals surface area contributed by atoms with Gasteiger partial charge >= 0.3 is 5.97 Å². The number of hydrogen-bond acceptors (Lipinski definition) is 5. The van der Waals surface area contributed by atoms with E-state index in [0.29, 0.717) is 30.4 Å². The van der Waals surface area contributed by atoms with Crippen molar-refractivity contribution in [2.24, 2.45) is 5.92 Å². The summed E-state index contributed by atoms with van der Waals surface area (Å²) in [6.07, 6.45) is 12.1. The van der Waals surface area contributed by atoms with Crippen LogP contribution in [-0.2, 0) is 9.53 Å². The fourth-order valence-corrected chi connectivity index (χ4v) is 4.68. The summed E-state index contributed by atoms with van der Waals surface area (Å²) in [6.45, 7) is 7.97. The maximum Gasteiger partial charge on any atom is 0.305 e. The van der Waals surface area contributed by atoms with Gasteiger partial charge in [-0.25, -0.2) is 4.39 Å². The highest BCUT2D eigenvalue weighted by molar-refractivity contribution is 5.79. The third-order valence-corrected chi connectivity index (χ3v) is 6.89. The highest BCUT2D eigenvalue weighted by atomic mass is 19.1. The average molecular weight is 461 g/mol. The van der Waals surface area contributed by atoms with Crippen LogP contribution in [0, 0.1) is 11.7 Å². The zero-order chi connectivity index (χ0) is 23.5. The van der Waals surface area contributed by atoms with Crippen LogP contribution in [0.2, 0.25) is 0 Å². The number of likely N-dealkylation sites (tertiary alicyclic amines) is 1. The lowest BCUT2D eigenvalue weighted by Crippen LogP contribution is -2.34. The number of rotatable bonds is 14. The molecule has 1 aliphatic heterocycles. The van der Waals surface area contributed by atoms with Crippen molar-refractivity contribution in [3.05, 3.63) is 29.7 Å². The van der Waals surface area contributed by atoms with E-state index in [4.69, 9.17) is 9.26 Å². The van der Waals surface area contributed by atoms with E-state index in [9.17, 15) is 9.18 Å². The van der Waals surface area contributed by atoms with E-state index in [1.807, 2.05) is 0 Å². The molecule has 1 fully saturated rings. The van der Waals surface area contributed by atoms with Crippen molar-refractivity contribution >= 4 is 16.9 Å². The summed E-state index contributed by atoms with van der Waals surface area (Å²) in [6, 6.07) is 4.66. The first-order chi connectivity index (χ1) is 16.1. The molecule has 1 aliphatic rings. The molecule has 1 saturated heterocycles. The first-order valence-electron chi connectivity index (χ1n) is 13.0. The standard InChI is InChI=1S/C27H41FN2O3/c1-3-4-5-6-7-8-9-10-26(31)32-20-21(2)13-16-30-17-14-22(15-18-30)27-24-12-11-23(28)19-25(24)33-29-27/h11-12,19,21-22H,3-10,13-18,20H2,1-2H3. The Labute approximate surface area is 198 Å². The summed E-state index contributed by atoms with van der Waals surface area (Å²) in [7, 11) is 0. The Morgan fingerprint density at radius 1 is 1.18 bits per heavy atom. The zero-order valence-corrected chi connectivity index (χ0v) is 20.5. The van der Waals surface area contributed by atoms with Crippen LogP contribution in [0.15, 0.2) is 22.7 Å². The molecule has 0 spiro atoms. The lowest BCUT2D eigenvalue weighted by atomic mass is 9.91. The van der Waals surface area contributed by atoms with Crippen molar-refractivity contribution in [1.29, 1.82) is 0 Å². The van der Waals surface area contributed by atoms with Gasteiger partial charge < -0.3 is 14.2 Å². The molecule has 0 bridgehead atoms. The number of benzene rings is 1. The van der Waals surface area contributed by atoms with Crippen LogP contribution in [0.5, 0.6) is 0 Å². The average Bonchev–Trinajstić information content (AvgIpc) is 3.24. The number of unbranched alkanes of at least 4 members (excludes halogenated alkanes) is 6. The van der Waals surface area contributed by atoms with E-state index in [-0.39, 0.29) is 11.8 Å². The van der Waals surface area contributed by atoms with Crippen LogP contribution in [0.25, 0.3) is 11.0 Å². The van der Waals surface area contributed by atoms with E-state index < -0.39 is 0 Å². The van der Waals surface area contributed by atoms with Crippen LogP contribution in [-0.4, -0.2) is 42.3 Å². The SMILES string of the molecule is CCCCCCCCCC(=O)OCC(C)CCN1CCC(c2noc3cc(F)ccc23)CC1. The van der Waals surface area contributed by atoms with Gasteiger partial charge in [-0.05, 0) is 63.4 Å². The normalized spacial score (nSPS) is 16.3. The minimum absolute atomic E-state index is 0.0454. The first kappa shape index (κ1) is 25.7. The van der Waals surface area contributed by atoms with E-state index in [1.54, 1.807) is 6.07 Å². The van der Waals surface area contributed by atoms with Gasteiger partial charge in [0.15, 0.2) is 5.58 Å². The van der Waals surface area contributed by atoms with Crippen molar-refractivity contribution in [3.8, 4) is 0 Å². The van der Waals surface area contributed by atoms with E-state index in [1.165, 1.54) is 44.2 Å². The number of esters is 1. The minimum atomic E-state index is -0.294. The monoisotopic (exact) mass is 460 g/mol. The Kier molecular flexibility index (Phi) is 10.6. The second-order valence-electron chi connectivity index (χ2n) is 9.77. The lowest BCUT2D eigenvalue weighted by molar-refractivity contribution is -0.145. The van der Waals surface area contributed by atoms with Gasteiger partial charge in [0.25, 0.3) is 0 Å². The third-order valence-electron chi connectivity index (χ3n) is 6.89. The summed E-state index contributed by atoms with van der Waals surface area (Å²) in [5, 5.41) is 5.17. The predicted molar refractivity (Wildman–Crippen MR) is 130 cm³/mol. The van der Waals surface area contributed by atoms with E-state index >= 15 is 0 Å². The molecule has 3 rings (SSSR count). The largest absolute Gasteiger partial charge is 0.465 e. The highest BCUT2D eigenvalue weighted by Gasteiger charge is 2.25. The van der Waals surface area contributed by atoms with Crippen LogP contribution >= 0.6 is 0 Å². The molecular weight excluding hydrogens is 419 g/mol. The molecule has 0 radical (unpaired) electrons. The molecule has 1 atom stereocenters. The summed E-state index contributed by atoms with van der Waals surface area (Å²) >= 11 is 0. The molecule has 1 unspecified atom stereocenters. The number of halogens is 1. The Bertz CT molecular complexity index is 845. The summed E-state index contributed by atoms with van der Waals surface area (Å²) in [5.74, 6) is 0.390. The Balaban J connectivity index is 1.26. The predicted octanol–water partition coefficient (Wildman–Crippen LogP) is 6.86. The maximum atomic E-state index is 13.4. The van der Waals surface area contributed by atoms with Crippen molar-refractivity contribution in [2.75, 3.05) is 26.2 Å². The lowest BCUT2D eigenvalue weighted by Gasteiger charge is -2.31. The fraction of sp³-hybridized carbons (Fsp3) is 0.704. The molecule has 0 saturated carbocycles. The topological polar surface area (TPSA) is 55.6 Å². The summed E-state index contributed by atoms with van der Waals surface area (Å²) < 4.78 is 24.2. The molecule has 5 nitrogen and oxygen atoms in total. The smallest absolute Gasteiger partial charge is 0.305 e. The summed E-state index contributed by atoms with van der Waals surface area (Å²) in [4.78, 5) is 14.5. The van der Waals surface area contributed by atoms with Gasteiger partial charge in [-0.15, -0.1) is 0 Å². The number of aromatic nitrogens is 1. The van der Waals surface area contributed by atoms with Crippen molar-refractivity contribution in [3.63, 3.8) is 0 Å². The Hall–Kier alpha value is -1.95. The summed E-state index contributed by atoms with van der Waals surface area (Å²) in [5.41, 5.74) is 1.49. The van der Waals surface area contributed by atoms with Gasteiger partial charge in [0, 0.05) is 23.8 Å². The van der Waals surface area contributed by atoms with Crippen molar-refractivity contribution in [1.82, 2.24) is 10.1 Å². The number of ether oxygens (including phenoxy) is 1. The molecule has 2 aromatic rings. The fourth-order valence-electron chi connectivity index (χ4n) is 4.68. The Morgan fingerprint density at radius 2 is 1.91 bits per heavy atom. The van der Waals surface area contributed by atoms with Gasteiger partial charge in [0.1, 0.15) is 5.82 Å². The van der Waals surface area contributed by atoms with Gasteiger partial charge in [-0.2, -0.15) is 0 Å². The van der Waals surface area contributed by atoms with E-state index in [2.05, 4.69) is 23.9 Å². The Morgan fingerprint density at radius 3 is 2.67 bits per heavy atom. The third kappa shape index (κ3) is 8.40. The first-order valence-corrected chi connectivity index (χ1v) is 13.0. The quantitative estimate of drug-likeness (QED) is 0.228. The van der Waals surface area contributed by atoms with Crippen LogP contribution in [0.1, 0.15) is 96.1 Å². The number of hydrogen-bond donors (Lipinski definition) is 0. The molecule has 33 heavy (non-hydrogen) atoms. The molecule has 0 aliphatic carbocycles. The van der Waals surface area contributed by atoms with Crippen molar-refractivity contribution < 1.29 is 18.4 Å². The molecule has 0 N–H and O–H groups in total. The minimum Gasteiger partial charge on any atom is -0.465 e. The molecule has 2 heterocycles. The van der Waals surface area contributed by atoms with Gasteiger partial charge in [0.2, 0.25) is 0 Å². The number of piperidine rings is 1. The van der Waals surface area contributed by atoms with Crippen molar-refractivity contribution in [2.45, 2.75) is 90.4 Å². The number of fused-ring (bicyclic) bond motifs is 1. The van der Waals surface area contributed by atoms with E-state index in [0.717, 1.165) is 62.8 Å².